The van der Waals surface area contributed by atoms with E-state index in [1.54, 1.807) is 26.0 Å². The number of nitro groups is 1. The van der Waals surface area contributed by atoms with E-state index in [4.69, 9.17) is 4.74 Å². The molecule has 0 aliphatic heterocycles. The Hall–Kier alpha value is -3.30. The van der Waals surface area contributed by atoms with E-state index in [9.17, 15) is 23.3 Å². The summed E-state index contributed by atoms with van der Waals surface area (Å²) in [6, 6.07) is 14.9. The van der Waals surface area contributed by atoms with Gasteiger partial charge in [-0.1, -0.05) is 67.6 Å². The smallest absolute Gasteiger partial charge is 0.337 e. The molecule has 3 rings (SSSR count). The molecular formula is C24H26N2O6S. The van der Waals surface area contributed by atoms with Crippen LogP contribution in [0, 0.1) is 16.0 Å². The fraction of sp³-hybridized carbons (Fsp3) is 0.292. The second-order valence-electron chi connectivity index (χ2n) is 7.48. The molecule has 1 aliphatic rings. The third-order valence-electron chi connectivity index (χ3n) is 5.48. The van der Waals surface area contributed by atoms with Crippen LogP contribution in [0.15, 0.2) is 83.3 Å². The molecule has 0 N–H and O–H groups in total. The van der Waals surface area contributed by atoms with E-state index in [1.807, 2.05) is 36.4 Å². The number of allylic oxidation sites excluding steroid dienone is 1. The second-order valence-corrected chi connectivity index (χ2v) is 9.39. The van der Waals surface area contributed by atoms with Gasteiger partial charge in [-0.05, 0) is 18.6 Å². The lowest BCUT2D eigenvalue weighted by molar-refractivity contribution is -0.387. The Morgan fingerprint density at radius 3 is 2.39 bits per heavy atom. The third kappa shape index (κ3) is 5.37. The molecule has 0 fully saturated rings. The fourth-order valence-electron chi connectivity index (χ4n) is 3.89. The summed E-state index contributed by atoms with van der Waals surface area (Å²) >= 11 is 0. The molecule has 0 aromatic heterocycles. The number of hydrogen-bond donors (Lipinski definition) is 0. The van der Waals surface area contributed by atoms with Crippen LogP contribution in [-0.2, 0) is 19.6 Å². The topological polar surface area (TPSA) is 107 Å². The zero-order valence-corrected chi connectivity index (χ0v) is 19.3. The van der Waals surface area contributed by atoms with Crippen molar-refractivity contribution >= 4 is 21.7 Å². The van der Waals surface area contributed by atoms with Crippen LogP contribution >= 0.6 is 0 Å². The predicted molar refractivity (Wildman–Crippen MR) is 124 cm³/mol. The summed E-state index contributed by atoms with van der Waals surface area (Å²) in [6.07, 6.45) is 5.30. The van der Waals surface area contributed by atoms with Gasteiger partial charge in [-0.3, -0.25) is 10.1 Å². The van der Waals surface area contributed by atoms with Gasteiger partial charge in [0.2, 0.25) is 10.0 Å². The van der Waals surface area contributed by atoms with E-state index in [1.165, 1.54) is 28.6 Å². The number of benzene rings is 2. The zero-order valence-electron chi connectivity index (χ0n) is 18.5. The minimum Gasteiger partial charge on any atom is -0.462 e. The highest BCUT2D eigenvalue weighted by atomic mass is 32.2. The Labute approximate surface area is 193 Å². The van der Waals surface area contributed by atoms with Gasteiger partial charge in [0.25, 0.3) is 5.69 Å². The molecule has 0 amide bonds. The molecule has 0 heterocycles. The first-order valence-electron chi connectivity index (χ1n) is 10.6. The summed E-state index contributed by atoms with van der Waals surface area (Å²) in [5, 5.41) is 11.4. The maximum atomic E-state index is 13.4. The highest BCUT2D eigenvalue weighted by Crippen LogP contribution is 2.35. The van der Waals surface area contributed by atoms with Crippen LogP contribution < -0.4 is 0 Å². The van der Waals surface area contributed by atoms with Gasteiger partial charge in [-0.25, -0.2) is 13.2 Å². The number of esters is 1. The minimum absolute atomic E-state index is 0.0394. The molecule has 0 saturated carbocycles. The standard InChI is InChI=1S/C24H26N2O6S/c1-3-25(33(30,31)23-13-9-8-12-22(23)26(28)29)17-20-16-19(24(27)32-4-2)14-15-21(20)18-10-6-5-7-11-18/h5-16,20-21H,3-4,17H2,1-2H3. The SMILES string of the molecule is CCOC(=O)C1=CC(CN(CC)S(=O)(=O)c2ccccc2[N+](=O)[O-])C(c2ccccc2)C=C1. The van der Waals surface area contributed by atoms with Crippen LogP contribution in [0.4, 0.5) is 5.69 Å². The first-order chi connectivity index (χ1) is 15.8. The second kappa shape index (κ2) is 10.5. The molecule has 0 spiro atoms. The molecule has 1 aliphatic carbocycles. The summed E-state index contributed by atoms with van der Waals surface area (Å²) in [4.78, 5) is 22.7. The Morgan fingerprint density at radius 2 is 1.76 bits per heavy atom. The molecule has 0 saturated heterocycles. The van der Waals surface area contributed by atoms with Crippen molar-refractivity contribution in [3.63, 3.8) is 0 Å². The number of nitrogens with zero attached hydrogens (tertiary/aromatic N) is 2. The highest BCUT2D eigenvalue weighted by Gasteiger charge is 2.34. The van der Waals surface area contributed by atoms with Gasteiger partial charge in [-0.2, -0.15) is 4.31 Å². The van der Waals surface area contributed by atoms with E-state index < -0.39 is 26.6 Å². The van der Waals surface area contributed by atoms with Gasteiger partial charge < -0.3 is 4.74 Å². The summed E-state index contributed by atoms with van der Waals surface area (Å²) in [6.45, 7) is 3.77. The van der Waals surface area contributed by atoms with Gasteiger partial charge >= 0.3 is 5.97 Å². The summed E-state index contributed by atoms with van der Waals surface area (Å²) in [5.41, 5.74) is 0.854. The Kier molecular flexibility index (Phi) is 7.78. The van der Waals surface area contributed by atoms with Gasteiger partial charge in [0, 0.05) is 31.0 Å². The van der Waals surface area contributed by atoms with E-state index >= 15 is 0 Å². The van der Waals surface area contributed by atoms with Crippen LogP contribution in [0.5, 0.6) is 0 Å². The van der Waals surface area contributed by atoms with Gasteiger partial charge in [0.05, 0.1) is 17.1 Å². The number of rotatable bonds is 9. The molecular weight excluding hydrogens is 444 g/mol. The molecule has 2 aromatic rings. The number of carbonyl (C=O) groups is 1. The predicted octanol–water partition coefficient (Wildman–Crippen LogP) is 4.06. The number of ether oxygens (including phenoxy) is 1. The van der Waals surface area contributed by atoms with Crippen molar-refractivity contribution in [3.8, 4) is 0 Å². The number of sulfonamides is 1. The molecule has 2 aromatic carbocycles. The van der Waals surface area contributed by atoms with Crippen molar-refractivity contribution in [3.05, 3.63) is 94.1 Å². The number of para-hydroxylation sites is 1. The van der Waals surface area contributed by atoms with Crippen molar-refractivity contribution in [1.82, 2.24) is 4.31 Å². The molecule has 2 unspecified atom stereocenters. The summed E-state index contributed by atoms with van der Waals surface area (Å²) in [7, 11) is -4.16. The van der Waals surface area contributed by atoms with Crippen molar-refractivity contribution in [2.75, 3.05) is 19.7 Å². The van der Waals surface area contributed by atoms with Gasteiger partial charge in [0.15, 0.2) is 4.90 Å². The molecule has 0 radical (unpaired) electrons. The molecule has 33 heavy (non-hydrogen) atoms. The largest absolute Gasteiger partial charge is 0.462 e. The van der Waals surface area contributed by atoms with Gasteiger partial charge in [0.1, 0.15) is 0 Å². The average Bonchev–Trinajstić information content (AvgIpc) is 2.83. The lowest BCUT2D eigenvalue weighted by Gasteiger charge is -2.31. The lowest BCUT2D eigenvalue weighted by atomic mass is 9.81. The maximum absolute atomic E-state index is 13.4. The summed E-state index contributed by atoms with van der Waals surface area (Å²) in [5.74, 6) is -1.04. The van der Waals surface area contributed by atoms with E-state index in [2.05, 4.69) is 0 Å². The Bertz CT molecular complexity index is 1170. The van der Waals surface area contributed by atoms with E-state index in [-0.39, 0.29) is 36.4 Å². The lowest BCUT2D eigenvalue weighted by Crippen LogP contribution is -2.37. The number of carbonyl (C=O) groups excluding carboxylic acids is 1. The minimum atomic E-state index is -4.16. The van der Waals surface area contributed by atoms with Crippen molar-refractivity contribution in [1.29, 1.82) is 0 Å². The van der Waals surface area contributed by atoms with E-state index in [0.717, 1.165) is 5.56 Å². The van der Waals surface area contributed by atoms with Gasteiger partial charge in [-0.15, -0.1) is 0 Å². The molecule has 174 valence electrons. The molecule has 8 nitrogen and oxygen atoms in total. The first kappa shape index (κ1) is 24.3. The Morgan fingerprint density at radius 1 is 1.09 bits per heavy atom. The quantitative estimate of drug-likeness (QED) is 0.311. The van der Waals surface area contributed by atoms with Crippen molar-refractivity contribution < 1.29 is 22.9 Å². The maximum Gasteiger partial charge on any atom is 0.337 e. The third-order valence-corrected chi connectivity index (χ3v) is 7.47. The Balaban J connectivity index is 2.00. The van der Waals surface area contributed by atoms with Crippen LogP contribution in [-0.4, -0.2) is 43.3 Å². The molecule has 0 bridgehead atoms. The van der Waals surface area contributed by atoms with Crippen molar-refractivity contribution in [2.45, 2.75) is 24.7 Å². The van der Waals surface area contributed by atoms with Crippen LogP contribution in [0.3, 0.4) is 0 Å². The number of hydrogen-bond acceptors (Lipinski definition) is 6. The number of nitro benzene ring substituents is 1. The zero-order chi connectivity index (χ0) is 24.0. The molecule has 9 heteroatoms. The monoisotopic (exact) mass is 470 g/mol. The summed E-state index contributed by atoms with van der Waals surface area (Å²) < 4.78 is 33.2. The molecule has 2 atom stereocenters. The average molecular weight is 471 g/mol. The fourth-order valence-corrected chi connectivity index (χ4v) is 5.53. The first-order valence-corrected chi connectivity index (χ1v) is 12.1. The van der Waals surface area contributed by atoms with Crippen LogP contribution in [0.1, 0.15) is 25.3 Å². The van der Waals surface area contributed by atoms with Crippen molar-refractivity contribution in [2.24, 2.45) is 5.92 Å². The highest BCUT2D eigenvalue weighted by molar-refractivity contribution is 7.89. The van der Waals surface area contributed by atoms with E-state index in [0.29, 0.717) is 5.57 Å². The van der Waals surface area contributed by atoms with Crippen LogP contribution in [0.25, 0.3) is 0 Å². The normalized spacial score (nSPS) is 18.1. The van der Waals surface area contributed by atoms with Crippen LogP contribution in [0.2, 0.25) is 0 Å².